The summed E-state index contributed by atoms with van der Waals surface area (Å²) in [4.78, 5) is 4.22. The van der Waals surface area contributed by atoms with E-state index < -0.39 is 10.0 Å². The highest BCUT2D eigenvalue weighted by atomic mass is 32.2. The van der Waals surface area contributed by atoms with Crippen molar-refractivity contribution in [3.63, 3.8) is 0 Å². The minimum atomic E-state index is -3.50. The number of pyridine rings is 1. The number of nitrogens with zero attached hydrogens (tertiary/aromatic N) is 3. The van der Waals surface area contributed by atoms with Gasteiger partial charge in [0.05, 0.1) is 30.7 Å². The van der Waals surface area contributed by atoms with Crippen LogP contribution in [-0.2, 0) is 10.0 Å². The zero-order valence-corrected chi connectivity index (χ0v) is 12.6. The molecule has 0 amide bonds. The van der Waals surface area contributed by atoms with Crippen molar-refractivity contribution in [2.75, 3.05) is 13.1 Å². The number of aromatic nitrogens is 3. The highest BCUT2D eigenvalue weighted by molar-refractivity contribution is 7.89. The third-order valence-electron chi connectivity index (χ3n) is 3.41. The lowest BCUT2D eigenvalue weighted by atomic mass is 10.2. The molecule has 1 saturated heterocycles. The first kappa shape index (κ1) is 14.0. The molecule has 0 atom stereocenters. The molecule has 0 radical (unpaired) electrons. The smallest absolute Gasteiger partial charge is 0.246 e. The number of rotatable bonds is 4. The van der Waals surface area contributed by atoms with E-state index in [4.69, 9.17) is 4.74 Å². The maximum Gasteiger partial charge on any atom is 0.246 e. The molecule has 0 bridgehead atoms. The van der Waals surface area contributed by atoms with E-state index >= 15 is 0 Å². The average Bonchev–Trinajstić information content (AvgIpc) is 2.74. The van der Waals surface area contributed by atoms with E-state index in [1.165, 1.54) is 4.31 Å². The molecule has 2 aromatic heterocycles. The lowest BCUT2D eigenvalue weighted by molar-refractivity contribution is 0.0758. The summed E-state index contributed by atoms with van der Waals surface area (Å²) in [5.41, 5.74) is 1.05. The first-order valence-corrected chi connectivity index (χ1v) is 8.01. The second-order valence-electron chi connectivity index (χ2n) is 5.01. The van der Waals surface area contributed by atoms with Crippen molar-refractivity contribution in [1.82, 2.24) is 19.5 Å². The molecule has 0 saturated carbocycles. The van der Waals surface area contributed by atoms with Gasteiger partial charge in [0.25, 0.3) is 0 Å². The number of hydrogen-bond acceptors (Lipinski definition) is 5. The molecular weight excluding hydrogens is 292 g/mol. The van der Waals surface area contributed by atoms with Gasteiger partial charge in [0.15, 0.2) is 0 Å². The molecule has 1 aliphatic rings. The number of nitrogens with one attached hydrogen (secondary N) is 1. The Morgan fingerprint density at radius 1 is 1.38 bits per heavy atom. The molecule has 8 heteroatoms. The highest BCUT2D eigenvalue weighted by Crippen LogP contribution is 2.27. The summed E-state index contributed by atoms with van der Waals surface area (Å²) in [7, 11) is -3.50. The Balaban J connectivity index is 1.69. The number of H-pyrrole nitrogens is 1. The molecule has 2 aromatic rings. The third kappa shape index (κ3) is 2.52. The van der Waals surface area contributed by atoms with E-state index in [2.05, 4.69) is 15.2 Å². The van der Waals surface area contributed by atoms with E-state index in [1.807, 2.05) is 0 Å². The number of hydrogen-bond donors (Lipinski definition) is 1. The van der Waals surface area contributed by atoms with Gasteiger partial charge >= 0.3 is 0 Å². The molecule has 3 heterocycles. The summed E-state index contributed by atoms with van der Waals surface area (Å²) >= 11 is 0. The molecule has 0 aliphatic carbocycles. The molecule has 1 aliphatic heterocycles. The van der Waals surface area contributed by atoms with Gasteiger partial charge in [0.1, 0.15) is 16.7 Å². The van der Waals surface area contributed by atoms with Crippen LogP contribution in [-0.4, -0.2) is 47.1 Å². The topological polar surface area (TPSA) is 88.2 Å². The van der Waals surface area contributed by atoms with Gasteiger partial charge in [-0.05, 0) is 26.0 Å². The van der Waals surface area contributed by atoms with Crippen molar-refractivity contribution in [2.24, 2.45) is 0 Å². The molecule has 7 nitrogen and oxygen atoms in total. The van der Waals surface area contributed by atoms with E-state index in [1.54, 1.807) is 38.4 Å². The predicted octanol–water partition coefficient (Wildman–Crippen LogP) is 0.873. The summed E-state index contributed by atoms with van der Waals surface area (Å²) in [5, 5.41) is 6.64. The quantitative estimate of drug-likeness (QED) is 0.905. The minimum absolute atomic E-state index is 0.142. The van der Waals surface area contributed by atoms with Gasteiger partial charge in [-0.15, -0.1) is 0 Å². The average molecular weight is 308 g/mol. The first-order chi connectivity index (χ1) is 9.98. The molecule has 0 unspecified atom stereocenters. The van der Waals surface area contributed by atoms with E-state index in [0.717, 1.165) is 0 Å². The fourth-order valence-corrected chi connectivity index (χ4v) is 4.17. The number of aromatic amines is 1. The maximum absolute atomic E-state index is 12.5. The van der Waals surface area contributed by atoms with Crippen molar-refractivity contribution in [3.05, 3.63) is 35.9 Å². The maximum atomic E-state index is 12.5. The van der Waals surface area contributed by atoms with Crippen LogP contribution >= 0.6 is 0 Å². The number of ether oxygens (including phenoxy) is 1. The lowest BCUT2D eigenvalue weighted by Crippen LogP contribution is -2.56. The van der Waals surface area contributed by atoms with Crippen LogP contribution in [0, 0.1) is 13.8 Å². The van der Waals surface area contributed by atoms with Crippen molar-refractivity contribution < 1.29 is 13.2 Å². The number of aryl methyl sites for hydroxylation is 2. The van der Waals surface area contributed by atoms with Gasteiger partial charge in [0, 0.05) is 6.20 Å². The fourth-order valence-electron chi connectivity index (χ4n) is 2.33. The molecule has 1 fully saturated rings. The van der Waals surface area contributed by atoms with Crippen LogP contribution in [0.5, 0.6) is 5.75 Å². The van der Waals surface area contributed by atoms with Crippen LogP contribution in [0.3, 0.4) is 0 Å². The van der Waals surface area contributed by atoms with Crippen LogP contribution < -0.4 is 4.74 Å². The molecular formula is C13H16N4O3S. The van der Waals surface area contributed by atoms with Gasteiger partial charge in [-0.25, -0.2) is 8.42 Å². The Morgan fingerprint density at radius 2 is 2.14 bits per heavy atom. The van der Waals surface area contributed by atoms with Crippen LogP contribution in [0.1, 0.15) is 11.4 Å². The van der Waals surface area contributed by atoms with Crippen LogP contribution in [0.4, 0.5) is 0 Å². The van der Waals surface area contributed by atoms with Crippen molar-refractivity contribution in [1.29, 1.82) is 0 Å². The summed E-state index contributed by atoms with van der Waals surface area (Å²) < 4.78 is 32.1. The third-order valence-corrected chi connectivity index (χ3v) is 5.51. The van der Waals surface area contributed by atoms with Crippen molar-refractivity contribution in [3.8, 4) is 5.75 Å². The minimum Gasteiger partial charge on any atom is -0.486 e. The van der Waals surface area contributed by atoms with E-state index in [0.29, 0.717) is 30.2 Å². The van der Waals surface area contributed by atoms with Crippen LogP contribution in [0.2, 0.25) is 0 Å². The van der Waals surface area contributed by atoms with Crippen molar-refractivity contribution >= 4 is 10.0 Å². The zero-order chi connectivity index (χ0) is 15.0. The zero-order valence-electron chi connectivity index (χ0n) is 11.8. The molecule has 0 spiro atoms. The molecule has 0 aromatic carbocycles. The monoisotopic (exact) mass is 308 g/mol. The molecule has 112 valence electrons. The Bertz CT molecular complexity index is 717. The van der Waals surface area contributed by atoms with Gasteiger partial charge in [-0.3, -0.25) is 10.1 Å². The van der Waals surface area contributed by atoms with Crippen molar-refractivity contribution in [2.45, 2.75) is 24.8 Å². The highest BCUT2D eigenvalue weighted by Gasteiger charge is 2.40. The van der Waals surface area contributed by atoms with Gasteiger partial charge in [-0.2, -0.15) is 9.40 Å². The van der Waals surface area contributed by atoms with E-state index in [9.17, 15) is 8.42 Å². The SMILES string of the molecule is Cc1n[nH]c(C)c1S(=O)(=O)N1CC(Oc2cccnc2)C1. The molecule has 3 rings (SSSR count). The second-order valence-corrected chi connectivity index (χ2v) is 6.89. The normalized spacial score (nSPS) is 16.7. The largest absolute Gasteiger partial charge is 0.486 e. The Hall–Kier alpha value is -1.93. The van der Waals surface area contributed by atoms with Gasteiger partial charge in [0.2, 0.25) is 10.0 Å². The summed E-state index contributed by atoms with van der Waals surface area (Å²) in [5.74, 6) is 0.648. The lowest BCUT2D eigenvalue weighted by Gasteiger charge is -2.37. The Labute approximate surface area is 123 Å². The van der Waals surface area contributed by atoms with Crippen LogP contribution in [0.25, 0.3) is 0 Å². The fraction of sp³-hybridized carbons (Fsp3) is 0.385. The summed E-state index contributed by atoms with van der Waals surface area (Å²) in [6.45, 7) is 4.05. The summed E-state index contributed by atoms with van der Waals surface area (Å²) in [6, 6.07) is 3.58. The predicted molar refractivity (Wildman–Crippen MR) is 75.5 cm³/mol. The molecule has 21 heavy (non-hydrogen) atoms. The summed E-state index contributed by atoms with van der Waals surface area (Å²) in [6.07, 6.45) is 3.13. The van der Waals surface area contributed by atoms with Crippen LogP contribution in [0.15, 0.2) is 29.4 Å². The van der Waals surface area contributed by atoms with E-state index in [-0.39, 0.29) is 11.0 Å². The standard InChI is InChI=1S/C13H16N4O3S/c1-9-13(10(2)16-15-9)21(18,19)17-7-12(8-17)20-11-4-3-5-14-6-11/h3-6,12H,7-8H2,1-2H3,(H,15,16). The van der Waals surface area contributed by atoms with Gasteiger partial charge in [-0.1, -0.05) is 0 Å². The first-order valence-electron chi connectivity index (χ1n) is 6.57. The molecule has 1 N–H and O–H groups in total. The Morgan fingerprint density at radius 3 is 2.71 bits per heavy atom. The Kier molecular flexibility index (Phi) is 3.42. The van der Waals surface area contributed by atoms with Gasteiger partial charge < -0.3 is 4.74 Å². The second kappa shape index (κ2) is 5.12. The number of sulfonamides is 1.